The Hall–Kier alpha value is -2.63. The van der Waals surface area contributed by atoms with Gasteiger partial charge in [-0.25, -0.2) is 4.39 Å². The number of carbonyl (C=O) groups is 2. The molecule has 2 amide bonds. The summed E-state index contributed by atoms with van der Waals surface area (Å²) in [7, 11) is 0. The zero-order valence-electron chi connectivity index (χ0n) is 16.7. The lowest BCUT2D eigenvalue weighted by molar-refractivity contribution is -0.126. The van der Waals surface area contributed by atoms with Crippen LogP contribution in [0, 0.1) is 11.2 Å². The Morgan fingerprint density at radius 3 is 2.52 bits per heavy atom. The first-order chi connectivity index (χ1) is 13.9. The van der Waals surface area contributed by atoms with Crippen molar-refractivity contribution < 1.29 is 14.0 Å². The topological polar surface area (TPSA) is 79.2 Å². The average molecular weight is 397 g/mol. The van der Waals surface area contributed by atoms with Gasteiger partial charge in [0.05, 0.1) is 11.1 Å². The maximum atomic E-state index is 13.7. The summed E-state index contributed by atoms with van der Waals surface area (Å²) >= 11 is 0. The van der Waals surface area contributed by atoms with E-state index in [2.05, 4.69) is 11.6 Å². The molecule has 0 radical (unpaired) electrons. The van der Waals surface area contributed by atoms with E-state index in [1.807, 2.05) is 4.90 Å². The number of fused-ring (bicyclic) bond motifs is 3. The molecule has 3 N–H and O–H groups in total. The van der Waals surface area contributed by atoms with Gasteiger partial charge in [-0.05, 0) is 80.6 Å². The minimum atomic E-state index is -0.579. The SMILES string of the molecule is C=CC(=O)N1CCCCC1.NC(=O)c1cc(F)cc2c3c([nH]c12)CCC1(CC1)C3. The quantitative estimate of drug-likeness (QED) is 0.755. The number of carbonyl (C=O) groups excluding carboxylic acids is 2. The second-order valence-corrected chi connectivity index (χ2v) is 8.59. The van der Waals surface area contributed by atoms with E-state index in [9.17, 15) is 14.0 Å². The molecule has 1 aromatic heterocycles. The molecule has 1 spiro atoms. The molecule has 5 nitrogen and oxygen atoms in total. The maximum absolute atomic E-state index is 13.7. The van der Waals surface area contributed by atoms with Gasteiger partial charge in [0.25, 0.3) is 5.91 Å². The molecule has 1 saturated carbocycles. The van der Waals surface area contributed by atoms with E-state index in [4.69, 9.17) is 5.73 Å². The van der Waals surface area contributed by atoms with E-state index in [1.54, 1.807) is 0 Å². The Balaban J connectivity index is 0.000000174. The molecule has 2 aromatic rings. The maximum Gasteiger partial charge on any atom is 0.250 e. The van der Waals surface area contributed by atoms with Gasteiger partial charge in [0.2, 0.25) is 5.91 Å². The standard InChI is InChI=1S/C15H15FN2O.C8H13NO/c16-8-5-9-11-7-15(3-4-15)2-1-12(11)18-13(9)10(6-8)14(17)19;1-2-8(10)9-6-4-3-5-7-9/h5-6,18H,1-4,7H2,(H2,17,19);2H,1,3-7H2. The zero-order chi connectivity index (χ0) is 20.6. The minimum absolute atomic E-state index is 0.0831. The van der Waals surface area contributed by atoms with Gasteiger partial charge in [0.1, 0.15) is 5.82 Å². The molecule has 5 rings (SSSR count). The van der Waals surface area contributed by atoms with Crippen LogP contribution in [0.1, 0.15) is 60.1 Å². The fraction of sp³-hybridized carbons (Fsp3) is 0.478. The molecule has 2 heterocycles. The lowest BCUT2D eigenvalue weighted by Crippen LogP contribution is -2.34. The number of aromatic nitrogens is 1. The van der Waals surface area contributed by atoms with Crippen molar-refractivity contribution in [2.45, 2.75) is 51.4 Å². The van der Waals surface area contributed by atoms with Gasteiger partial charge in [0.15, 0.2) is 0 Å². The molecule has 2 fully saturated rings. The fourth-order valence-corrected chi connectivity index (χ4v) is 4.68. The van der Waals surface area contributed by atoms with E-state index in [0.29, 0.717) is 10.9 Å². The van der Waals surface area contributed by atoms with Crippen LogP contribution < -0.4 is 5.73 Å². The number of rotatable bonds is 2. The highest BCUT2D eigenvalue weighted by molar-refractivity contribution is 6.06. The summed E-state index contributed by atoms with van der Waals surface area (Å²) in [5.74, 6) is -0.887. The first-order valence-corrected chi connectivity index (χ1v) is 10.5. The third kappa shape index (κ3) is 3.93. The fourth-order valence-electron chi connectivity index (χ4n) is 4.68. The highest BCUT2D eigenvalue weighted by Gasteiger charge is 2.45. The first kappa shape index (κ1) is 19.7. The van der Waals surface area contributed by atoms with E-state index < -0.39 is 11.7 Å². The van der Waals surface area contributed by atoms with Gasteiger partial charge in [-0.15, -0.1) is 0 Å². The summed E-state index contributed by atoms with van der Waals surface area (Å²) in [5.41, 5.74) is 9.12. The van der Waals surface area contributed by atoms with Crippen LogP contribution >= 0.6 is 0 Å². The van der Waals surface area contributed by atoms with Crippen molar-refractivity contribution >= 4 is 22.7 Å². The van der Waals surface area contributed by atoms with Gasteiger partial charge in [0, 0.05) is 24.2 Å². The third-order valence-electron chi connectivity index (χ3n) is 6.59. The normalized spacial score (nSPS) is 19.3. The Bertz CT molecular complexity index is 968. The molecular weight excluding hydrogens is 369 g/mol. The Labute approximate surface area is 170 Å². The zero-order valence-corrected chi connectivity index (χ0v) is 16.7. The largest absolute Gasteiger partial charge is 0.366 e. The number of likely N-dealkylation sites (tertiary alicyclic amines) is 1. The lowest BCUT2D eigenvalue weighted by Gasteiger charge is -2.25. The smallest absolute Gasteiger partial charge is 0.250 e. The van der Waals surface area contributed by atoms with Crippen LogP contribution in [0.5, 0.6) is 0 Å². The molecule has 1 aromatic carbocycles. The van der Waals surface area contributed by atoms with Crippen molar-refractivity contribution in [1.29, 1.82) is 0 Å². The minimum Gasteiger partial charge on any atom is -0.366 e. The van der Waals surface area contributed by atoms with E-state index in [1.165, 1.54) is 49.5 Å². The lowest BCUT2D eigenvalue weighted by atomic mass is 9.84. The highest BCUT2D eigenvalue weighted by Crippen LogP contribution is 2.55. The van der Waals surface area contributed by atoms with Crippen molar-refractivity contribution in [1.82, 2.24) is 9.88 Å². The van der Waals surface area contributed by atoms with Gasteiger partial charge < -0.3 is 15.6 Å². The van der Waals surface area contributed by atoms with Gasteiger partial charge in [-0.2, -0.15) is 0 Å². The molecule has 2 aliphatic carbocycles. The third-order valence-corrected chi connectivity index (χ3v) is 6.59. The van der Waals surface area contributed by atoms with Crippen LogP contribution in [0.25, 0.3) is 10.9 Å². The summed E-state index contributed by atoms with van der Waals surface area (Å²) in [6.07, 6.45) is 10.7. The number of nitrogens with two attached hydrogens (primary N) is 1. The monoisotopic (exact) mass is 397 g/mol. The van der Waals surface area contributed by atoms with Crippen LogP contribution in [0.15, 0.2) is 24.8 Å². The van der Waals surface area contributed by atoms with Crippen LogP contribution in [0.3, 0.4) is 0 Å². The molecule has 154 valence electrons. The van der Waals surface area contributed by atoms with E-state index in [0.717, 1.165) is 49.9 Å². The molecule has 0 unspecified atom stereocenters. The molecule has 0 atom stereocenters. The van der Waals surface area contributed by atoms with Crippen LogP contribution in [-0.4, -0.2) is 34.8 Å². The van der Waals surface area contributed by atoms with Crippen LogP contribution in [0.4, 0.5) is 4.39 Å². The molecular formula is C23H28FN3O2. The van der Waals surface area contributed by atoms with Gasteiger partial charge >= 0.3 is 0 Å². The van der Waals surface area contributed by atoms with Crippen molar-refractivity contribution in [2.24, 2.45) is 11.1 Å². The Morgan fingerprint density at radius 2 is 1.90 bits per heavy atom. The number of piperidine rings is 1. The number of amides is 2. The average Bonchev–Trinajstić information content (AvgIpc) is 3.39. The summed E-state index contributed by atoms with van der Waals surface area (Å²) in [6, 6.07) is 2.75. The second kappa shape index (κ2) is 7.65. The van der Waals surface area contributed by atoms with Gasteiger partial charge in [-0.1, -0.05) is 6.58 Å². The van der Waals surface area contributed by atoms with Crippen LogP contribution in [-0.2, 0) is 17.6 Å². The van der Waals surface area contributed by atoms with Gasteiger partial charge in [-0.3, -0.25) is 9.59 Å². The number of hydrogen-bond donors (Lipinski definition) is 2. The van der Waals surface area contributed by atoms with E-state index >= 15 is 0 Å². The number of nitrogens with zero attached hydrogens (tertiary/aromatic N) is 1. The van der Waals surface area contributed by atoms with Crippen molar-refractivity contribution in [3.63, 3.8) is 0 Å². The molecule has 0 bridgehead atoms. The summed E-state index contributed by atoms with van der Waals surface area (Å²) in [4.78, 5) is 27.6. The number of halogens is 1. The van der Waals surface area contributed by atoms with Crippen molar-refractivity contribution in [3.05, 3.63) is 47.4 Å². The predicted octanol–water partition coefficient (Wildman–Crippen LogP) is 3.86. The number of H-pyrrole nitrogens is 1. The Morgan fingerprint density at radius 1 is 1.17 bits per heavy atom. The number of aryl methyl sites for hydroxylation is 1. The number of benzene rings is 1. The Kier molecular flexibility index (Phi) is 5.19. The summed E-state index contributed by atoms with van der Waals surface area (Å²) < 4.78 is 13.7. The molecule has 1 saturated heterocycles. The number of nitrogens with one attached hydrogen (secondary N) is 1. The number of primary amides is 1. The number of hydrogen-bond acceptors (Lipinski definition) is 2. The molecule has 1 aliphatic heterocycles. The summed E-state index contributed by atoms with van der Waals surface area (Å²) in [6.45, 7) is 5.29. The second-order valence-electron chi connectivity index (χ2n) is 8.59. The summed E-state index contributed by atoms with van der Waals surface area (Å²) in [5, 5.41) is 0.842. The van der Waals surface area contributed by atoms with E-state index in [-0.39, 0.29) is 11.5 Å². The molecule has 3 aliphatic rings. The van der Waals surface area contributed by atoms with Crippen molar-refractivity contribution in [3.8, 4) is 0 Å². The van der Waals surface area contributed by atoms with Crippen LogP contribution in [0.2, 0.25) is 0 Å². The molecule has 6 heteroatoms. The first-order valence-electron chi connectivity index (χ1n) is 10.5. The van der Waals surface area contributed by atoms with Crippen molar-refractivity contribution in [2.75, 3.05) is 13.1 Å². The predicted molar refractivity (Wildman–Crippen MR) is 111 cm³/mol. The highest BCUT2D eigenvalue weighted by atomic mass is 19.1. The number of aromatic amines is 1. The molecule has 29 heavy (non-hydrogen) atoms.